The first-order valence-corrected chi connectivity index (χ1v) is 8.72. The van der Waals surface area contributed by atoms with Crippen molar-refractivity contribution in [3.8, 4) is 11.8 Å². The molecule has 0 atom stereocenters. The van der Waals surface area contributed by atoms with Crippen LogP contribution in [-0.4, -0.2) is 41.6 Å². The molecule has 0 unspecified atom stereocenters. The van der Waals surface area contributed by atoms with Gasteiger partial charge in [0.15, 0.2) is 0 Å². The van der Waals surface area contributed by atoms with E-state index in [2.05, 4.69) is 38.8 Å². The number of aromatic nitrogens is 1. The van der Waals surface area contributed by atoms with Gasteiger partial charge in [-0.1, -0.05) is 36.5 Å². The molecule has 2 aromatic rings. The molecule has 0 aliphatic carbocycles. The first-order valence-electron chi connectivity index (χ1n) is 8.72. The van der Waals surface area contributed by atoms with Crippen molar-refractivity contribution < 1.29 is 4.79 Å². The van der Waals surface area contributed by atoms with Crippen LogP contribution in [0.5, 0.6) is 0 Å². The van der Waals surface area contributed by atoms with Crippen LogP contribution in [0.4, 0.5) is 0 Å². The second-order valence-corrected chi connectivity index (χ2v) is 6.43. The zero-order valence-corrected chi connectivity index (χ0v) is 14.3. The average molecular weight is 323 g/mol. The summed E-state index contributed by atoms with van der Waals surface area (Å²) in [5.74, 6) is 6.25. The average Bonchev–Trinajstić information content (AvgIpc) is 2.92. The number of fused-ring (bicyclic) bond motifs is 1. The highest BCUT2D eigenvalue weighted by Crippen LogP contribution is 2.20. The topological polar surface area (TPSA) is 37.3 Å². The van der Waals surface area contributed by atoms with E-state index < -0.39 is 0 Å². The number of hydrogen-bond acceptors (Lipinski definition) is 2. The monoisotopic (exact) mass is 323 g/mol. The fraction of sp³-hybridized carbons (Fsp3) is 0.450. The van der Waals surface area contributed by atoms with Crippen molar-refractivity contribution in [1.82, 2.24) is 14.8 Å². The van der Waals surface area contributed by atoms with Crippen LogP contribution in [0.2, 0.25) is 0 Å². The van der Waals surface area contributed by atoms with E-state index in [0.717, 1.165) is 36.1 Å². The number of carbonyl (C=O) groups excluding carboxylic acids is 1. The van der Waals surface area contributed by atoms with Gasteiger partial charge < -0.3 is 9.88 Å². The molecule has 1 amide bonds. The van der Waals surface area contributed by atoms with E-state index in [-0.39, 0.29) is 5.91 Å². The lowest BCUT2D eigenvalue weighted by molar-refractivity contribution is -0.120. The zero-order valence-electron chi connectivity index (χ0n) is 14.3. The van der Waals surface area contributed by atoms with Gasteiger partial charge in [-0.15, -0.1) is 0 Å². The summed E-state index contributed by atoms with van der Waals surface area (Å²) in [7, 11) is 2.01. The number of aryl methyl sites for hydroxylation is 1. The molecule has 1 fully saturated rings. The van der Waals surface area contributed by atoms with E-state index in [1.54, 1.807) is 0 Å². The Bertz CT molecular complexity index is 760. The summed E-state index contributed by atoms with van der Waals surface area (Å²) in [5, 5.41) is 4.05. The van der Waals surface area contributed by atoms with Gasteiger partial charge in [-0.2, -0.15) is 0 Å². The molecule has 4 heteroatoms. The number of nitrogens with zero attached hydrogens (tertiary/aromatic N) is 2. The summed E-state index contributed by atoms with van der Waals surface area (Å²) in [6, 6.07) is 8.17. The molecule has 0 saturated carbocycles. The molecular formula is C20H25N3O. The molecule has 0 spiro atoms. The van der Waals surface area contributed by atoms with E-state index in [4.69, 9.17) is 0 Å². The minimum atomic E-state index is 0.0265. The lowest BCUT2D eigenvalue weighted by atomic mass is 10.1. The van der Waals surface area contributed by atoms with Crippen LogP contribution in [-0.2, 0) is 18.3 Å². The van der Waals surface area contributed by atoms with E-state index in [0.29, 0.717) is 13.0 Å². The second-order valence-electron chi connectivity index (χ2n) is 6.43. The van der Waals surface area contributed by atoms with Crippen molar-refractivity contribution in [3.05, 3.63) is 36.0 Å². The number of carbonyl (C=O) groups is 1. The number of benzene rings is 1. The van der Waals surface area contributed by atoms with E-state index in [1.165, 1.54) is 19.3 Å². The van der Waals surface area contributed by atoms with Crippen molar-refractivity contribution in [2.24, 2.45) is 7.05 Å². The maximum atomic E-state index is 12.1. The third-order valence-electron chi connectivity index (χ3n) is 4.58. The molecule has 0 bridgehead atoms. The Labute approximate surface area is 143 Å². The van der Waals surface area contributed by atoms with Crippen LogP contribution < -0.4 is 5.32 Å². The van der Waals surface area contributed by atoms with Crippen LogP contribution in [0.25, 0.3) is 10.9 Å². The Morgan fingerprint density at radius 3 is 2.79 bits per heavy atom. The molecule has 1 saturated heterocycles. The van der Waals surface area contributed by atoms with E-state index in [1.807, 2.05) is 25.4 Å². The van der Waals surface area contributed by atoms with Gasteiger partial charge in [-0.3, -0.25) is 9.69 Å². The van der Waals surface area contributed by atoms with Gasteiger partial charge in [0.05, 0.1) is 19.5 Å². The Morgan fingerprint density at radius 2 is 1.96 bits per heavy atom. The number of hydrogen-bond donors (Lipinski definition) is 1. The molecular weight excluding hydrogens is 298 g/mol. The summed E-state index contributed by atoms with van der Waals surface area (Å²) in [6.07, 6.45) is 6.34. The van der Waals surface area contributed by atoms with Crippen LogP contribution in [0.1, 0.15) is 24.8 Å². The van der Waals surface area contributed by atoms with Crippen LogP contribution in [0, 0.1) is 11.8 Å². The summed E-state index contributed by atoms with van der Waals surface area (Å²) in [4.78, 5) is 14.5. The van der Waals surface area contributed by atoms with Gasteiger partial charge >= 0.3 is 0 Å². The van der Waals surface area contributed by atoms with Crippen LogP contribution in [0.3, 0.4) is 0 Å². The van der Waals surface area contributed by atoms with Gasteiger partial charge in [0.1, 0.15) is 0 Å². The highest BCUT2D eigenvalue weighted by molar-refractivity contribution is 5.89. The zero-order chi connectivity index (χ0) is 16.8. The molecule has 1 aliphatic rings. The second kappa shape index (κ2) is 8.03. The number of nitrogens with one attached hydrogen (secondary N) is 1. The standard InChI is InChI=1S/C20H25N3O/c1-22-16-17(18-9-3-4-10-19(18)22)15-20(24)21-11-5-8-14-23-12-6-2-7-13-23/h3-4,9-10,16H,2,6-7,11-15H2,1H3,(H,21,24). The quantitative estimate of drug-likeness (QED) is 0.877. The summed E-state index contributed by atoms with van der Waals surface area (Å²) >= 11 is 0. The number of rotatable bonds is 4. The third kappa shape index (κ3) is 4.18. The maximum Gasteiger partial charge on any atom is 0.225 e. The Balaban J connectivity index is 1.47. The Morgan fingerprint density at radius 1 is 1.17 bits per heavy atom. The fourth-order valence-corrected chi connectivity index (χ4v) is 3.29. The van der Waals surface area contributed by atoms with Crippen LogP contribution in [0.15, 0.2) is 30.5 Å². The molecule has 0 radical (unpaired) electrons. The number of para-hydroxylation sites is 1. The third-order valence-corrected chi connectivity index (χ3v) is 4.58. The molecule has 1 aromatic heterocycles. The summed E-state index contributed by atoms with van der Waals surface area (Å²) < 4.78 is 2.07. The maximum absolute atomic E-state index is 12.1. The predicted octanol–water partition coefficient (Wildman–Crippen LogP) is 2.33. The number of amides is 1. The summed E-state index contributed by atoms with van der Waals surface area (Å²) in [6.45, 7) is 3.56. The molecule has 4 nitrogen and oxygen atoms in total. The number of piperidine rings is 1. The van der Waals surface area contributed by atoms with Crippen LogP contribution >= 0.6 is 0 Å². The first-order chi connectivity index (χ1) is 11.7. The SMILES string of the molecule is Cn1cc(CC(=O)NCC#CCN2CCCCC2)c2ccccc21. The van der Waals surface area contributed by atoms with Crippen molar-refractivity contribution in [3.63, 3.8) is 0 Å². The minimum Gasteiger partial charge on any atom is -0.350 e. The van der Waals surface area contributed by atoms with Crippen molar-refractivity contribution in [1.29, 1.82) is 0 Å². The molecule has 2 heterocycles. The largest absolute Gasteiger partial charge is 0.350 e. The lowest BCUT2D eigenvalue weighted by Crippen LogP contribution is -2.30. The fourth-order valence-electron chi connectivity index (χ4n) is 3.29. The van der Waals surface area contributed by atoms with Crippen molar-refractivity contribution >= 4 is 16.8 Å². The van der Waals surface area contributed by atoms with Gasteiger partial charge in [-0.05, 0) is 37.6 Å². The van der Waals surface area contributed by atoms with Crippen molar-refractivity contribution in [2.75, 3.05) is 26.2 Å². The van der Waals surface area contributed by atoms with E-state index in [9.17, 15) is 4.79 Å². The van der Waals surface area contributed by atoms with Gasteiger partial charge in [0.25, 0.3) is 0 Å². The summed E-state index contributed by atoms with van der Waals surface area (Å²) in [5.41, 5.74) is 2.22. The van der Waals surface area contributed by atoms with Crippen molar-refractivity contribution in [2.45, 2.75) is 25.7 Å². The molecule has 1 N–H and O–H groups in total. The van der Waals surface area contributed by atoms with Gasteiger partial charge in [-0.25, -0.2) is 0 Å². The Hall–Kier alpha value is -2.25. The smallest absolute Gasteiger partial charge is 0.225 e. The number of likely N-dealkylation sites (tertiary alicyclic amines) is 1. The first kappa shape index (κ1) is 16.6. The normalized spacial score (nSPS) is 15.0. The highest BCUT2D eigenvalue weighted by Gasteiger charge is 2.10. The van der Waals surface area contributed by atoms with Gasteiger partial charge in [0.2, 0.25) is 5.91 Å². The highest BCUT2D eigenvalue weighted by atomic mass is 16.1. The van der Waals surface area contributed by atoms with E-state index >= 15 is 0 Å². The predicted molar refractivity (Wildman–Crippen MR) is 97.7 cm³/mol. The Kier molecular flexibility index (Phi) is 5.55. The minimum absolute atomic E-state index is 0.0265. The van der Waals surface area contributed by atoms with Gasteiger partial charge in [0, 0.05) is 24.1 Å². The lowest BCUT2D eigenvalue weighted by Gasteiger charge is -2.23. The molecule has 24 heavy (non-hydrogen) atoms. The molecule has 126 valence electrons. The molecule has 1 aromatic carbocycles. The molecule has 1 aliphatic heterocycles. The molecule has 3 rings (SSSR count).